The van der Waals surface area contributed by atoms with E-state index in [1.807, 2.05) is 0 Å². The topological polar surface area (TPSA) is 65.7 Å². The first-order valence-corrected chi connectivity index (χ1v) is 5.82. The summed E-state index contributed by atoms with van der Waals surface area (Å²) in [6.45, 7) is 3.52. The van der Waals surface area contributed by atoms with Crippen LogP contribution in [0.15, 0.2) is 6.33 Å². The van der Waals surface area contributed by atoms with E-state index in [1.54, 1.807) is 11.8 Å². The van der Waals surface area contributed by atoms with Gasteiger partial charge in [-0.25, -0.2) is 14.6 Å². The van der Waals surface area contributed by atoms with Gasteiger partial charge in [0.15, 0.2) is 16.3 Å². The number of hydrogen-bond donors (Lipinski definition) is 0. The molecule has 2 rings (SSSR count). The first-order valence-electron chi connectivity index (χ1n) is 5.44. The van der Waals surface area contributed by atoms with Crippen LogP contribution in [0.3, 0.4) is 0 Å². The van der Waals surface area contributed by atoms with Crippen LogP contribution < -0.4 is 0 Å². The van der Waals surface area contributed by atoms with Crippen LogP contribution in [0.2, 0.25) is 5.15 Å². The van der Waals surface area contributed by atoms with Crippen molar-refractivity contribution in [1.82, 2.24) is 25.0 Å². The van der Waals surface area contributed by atoms with Crippen LogP contribution in [-0.2, 0) is 11.3 Å². The van der Waals surface area contributed by atoms with Gasteiger partial charge in [0, 0.05) is 13.0 Å². The number of nitrogens with zero attached hydrogens (tertiary/aromatic N) is 5. The van der Waals surface area contributed by atoms with Gasteiger partial charge >= 0.3 is 0 Å². The second-order valence-electron chi connectivity index (χ2n) is 3.84. The molecule has 6 nitrogen and oxygen atoms in total. The van der Waals surface area contributed by atoms with E-state index < -0.39 is 0 Å². The highest BCUT2D eigenvalue weighted by molar-refractivity contribution is 6.33. The van der Waals surface area contributed by atoms with Crippen LogP contribution in [0.25, 0.3) is 11.2 Å². The minimum atomic E-state index is 0.334. The van der Waals surface area contributed by atoms with Crippen molar-refractivity contribution in [2.24, 2.45) is 5.92 Å². The van der Waals surface area contributed by atoms with Gasteiger partial charge in [0.1, 0.15) is 6.33 Å². The van der Waals surface area contributed by atoms with E-state index in [4.69, 9.17) is 16.3 Å². The second kappa shape index (κ2) is 5.37. The highest BCUT2D eigenvalue weighted by Crippen LogP contribution is 2.17. The van der Waals surface area contributed by atoms with E-state index in [2.05, 4.69) is 27.2 Å². The van der Waals surface area contributed by atoms with Gasteiger partial charge in [-0.2, -0.15) is 0 Å². The molecule has 2 aromatic heterocycles. The molecule has 0 N–H and O–H groups in total. The van der Waals surface area contributed by atoms with Gasteiger partial charge in [-0.3, -0.25) is 0 Å². The Morgan fingerprint density at radius 3 is 3.00 bits per heavy atom. The molecule has 0 aliphatic rings. The number of halogens is 1. The Labute approximate surface area is 104 Å². The largest absolute Gasteiger partial charge is 0.384 e. The van der Waals surface area contributed by atoms with Crippen LogP contribution in [0.4, 0.5) is 0 Å². The van der Waals surface area contributed by atoms with E-state index in [9.17, 15) is 0 Å². The molecule has 7 heteroatoms. The van der Waals surface area contributed by atoms with Crippen molar-refractivity contribution in [3.8, 4) is 0 Å². The van der Waals surface area contributed by atoms with Gasteiger partial charge in [0.2, 0.25) is 0 Å². The van der Waals surface area contributed by atoms with Crippen molar-refractivity contribution in [3.63, 3.8) is 0 Å². The summed E-state index contributed by atoms with van der Waals surface area (Å²) in [4.78, 5) is 8.02. The lowest BCUT2D eigenvalue weighted by Crippen LogP contribution is -2.16. The molecule has 0 amide bonds. The molecular weight excluding hydrogens is 242 g/mol. The summed E-state index contributed by atoms with van der Waals surface area (Å²) in [6.07, 6.45) is 2.43. The fourth-order valence-corrected chi connectivity index (χ4v) is 1.83. The molecule has 2 heterocycles. The van der Waals surface area contributed by atoms with Crippen LogP contribution in [-0.4, -0.2) is 38.7 Å². The zero-order chi connectivity index (χ0) is 12.3. The van der Waals surface area contributed by atoms with Gasteiger partial charge in [0.25, 0.3) is 0 Å². The van der Waals surface area contributed by atoms with Gasteiger partial charge in [0.05, 0.1) is 13.2 Å². The number of aromatic nitrogens is 5. The summed E-state index contributed by atoms with van der Waals surface area (Å²) >= 11 is 5.91. The maximum Gasteiger partial charge on any atom is 0.183 e. The average molecular weight is 256 g/mol. The molecule has 1 unspecified atom stereocenters. The summed E-state index contributed by atoms with van der Waals surface area (Å²) in [5.74, 6) is 0.388. The molecule has 0 aliphatic heterocycles. The summed E-state index contributed by atoms with van der Waals surface area (Å²) in [6, 6.07) is 0. The first kappa shape index (κ1) is 12.2. The quantitative estimate of drug-likeness (QED) is 0.759. The Morgan fingerprint density at radius 2 is 2.29 bits per heavy atom. The molecule has 92 valence electrons. The number of fused-ring (bicyclic) bond motifs is 1. The molecule has 0 aliphatic carbocycles. The monoisotopic (exact) mass is 255 g/mol. The van der Waals surface area contributed by atoms with Crippen LogP contribution in [0.1, 0.15) is 13.3 Å². The molecule has 0 bridgehead atoms. The lowest BCUT2D eigenvalue weighted by molar-refractivity contribution is 0.139. The SMILES string of the molecule is CCC(COC)Cn1nnc2c(Cl)ncnc21. The zero-order valence-corrected chi connectivity index (χ0v) is 10.6. The number of methoxy groups -OCH3 is 1. The third-order valence-corrected chi connectivity index (χ3v) is 2.94. The molecular formula is C10H14ClN5O. The van der Waals surface area contributed by atoms with Crippen molar-refractivity contribution in [2.45, 2.75) is 19.9 Å². The lowest BCUT2D eigenvalue weighted by atomic mass is 10.1. The minimum absolute atomic E-state index is 0.334. The highest BCUT2D eigenvalue weighted by Gasteiger charge is 2.13. The lowest BCUT2D eigenvalue weighted by Gasteiger charge is -2.13. The Bertz CT molecular complexity index is 500. The Kier molecular flexibility index (Phi) is 3.86. The fraction of sp³-hybridized carbons (Fsp3) is 0.600. The summed E-state index contributed by atoms with van der Waals surface area (Å²) in [7, 11) is 1.70. The molecule has 0 saturated carbocycles. The van der Waals surface area contributed by atoms with Crippen molar-refractivity contribution < 1.29 is 4.74 Å². The van der Waals surface area contributed by atoms with Crippen LogP contribution in [0, 0.1) is 5.92 Å². The van der Waals surface area contributed by atoms with Gasteiger partial charge < -0.3 is 4.74 Å². The Morgan fingerprint density at radius 1 is 1.47 bits per heavy atom. The fourth-order valence-electron chi connectivity index (χ4n) is 1.67. The van der Waals surface area contributed by atoms with E-state index in [0.717, 1.165) is 6.42 Å². The molecule has 0 spiro atoms. The van der Waals surface area contributed by atoms with Gasteiger partial charge in [-0.05, 0) is 6.42 Å². The smallest absolute Gasteiger partial charge is 0.183 e. The zero-order valence-electron chi connectivity index (χ0n) is 9.80. The van der Waals surface area contributed by atoms with Crippen molar-refractivity contribution in [3.05, 3.63) is 11.5 Å². The Hall–Kier alpha value is -1.27. The van der Waals surface area contributed by atoms with E-state index >= 15 is 0 Å². The number of hydrogen-bond acceptors (Lipinski definition) is 5. The summed E-state index contributed by atoms with van der Waals surface area (Å²) < 4.78 is 6.91. The molecule has 2 aromatic rings. The van der Waals surface area contributed by atoms with Crippen molar-refractivity contribution in [1.29, 1.82) is 0 Å². The molecule has 17 heavy (non-hydrogen) atoms. The van der Waals surface area contributed by atoms with E-state index in [-0.39, 0.29) is 0 Å². The highest BCUT2D eigenvalue weighted by atomic mass is 35.5. The maximum atomic E-state index is 5.91. The third kappa shape index (κ3) is 2.53. The van der Waals surface area contributed by atoms with Gasteiger partial charge in [-0.1, -0.05) is 23.7 Å². The normalized spacial score (nSPS) is 13.1. The van der Waals surface area contributed by atoms with E-state index in [1.165, 1.54) is 6.33 Å². The average Bonchev–Trinajstić information content (AvgIpc) is 2.73. The number of rotatable bonds is 5. The molecule has 0 fully saturated rings. The summed E-state index contributed by atoms with van der Waals surface area (Å²) in [5.41, 5.74) is 1.21. The molecule has 0 radical (unpaired) electrons. The van der Waals surface area contributed by atoms with Crippen molar-refractivity contribution >= 4 is 22.8 Å². The maximum absolute atomic E-state index is 5.91. The van der Waals surface area contributed by atoms with Gasteiger partial charge in [-0.15, -0.1) is 5.10 Å². The predicted octanol–water partition coefficient (Wildman–Crippen LogP) is 1.55. The predicted molar refractivity (Wildman–Crippen MR) is 63.8 cm³/mol. The standard InChI is InChI=1S/C10H14ClN5O/c1-3-7(5-17-2)4-16-10-8(14-15-16)9(11)12-6-13-10/h6-7H,3-5H2,1-2H3. The minimum Gasteiger partial charge on any atom is -0.384 e. The van der Waals surface area contributed by atoms with E-state index in [0.29, 0.717) is 35.4 Å². The molecule has 0 aromatic carbocycles. The molecule has 0 saturated heterocycles. The number of ether oxygens (including phenoxy) is 1. The molecule has 1 atom stereocenters. The van der Waals surface area contributed by atoms with Crippen LogP contribution >= 0.6 is 11.6 Å². The first-order chi connectivity index (χ1) is 8.26. The van der Waals surface area contributed by atoms with Crippen LogP contribution in [0.5, 0.6) is 0 Å². The Balaban J connectivity index is 2.27. The third-order valence-electron chi connectivity index (χ3n) is 2.67. The van der Waals surface area contributed by atoms with Crippen molar-refractivity contribution in [2.75, 3.05) is 13.7 Å². The second-order valence-corrected chi connectivity index (χ2v) is 4.20. The summed E-state index contributed by atoms with van der Waals surface area (Å²) in [5, 5.41) is 8.37.